The molecule has 1 spiro atoms. The number of likely N-dealkylation sites (N-methyl/N-ethyl adjacent to an activating group) is 2. The van der Waals surface area contributed by atoms with E-state index in [1.165, 1.54) is 0 Å². The lowest BCUT2D eigenvalue weighted by molar-refractivity contribution is 0.0688. The molecule has 0 saturated carbocycles. The monoisotopic (exact) mass is 502 g/mol. The summed E-state index contributed by atoms with van der Waals surface area (Å²) in [6.45, 7) is 7.36. The fourth-order valence-corrected chi connectivity index (χ4v) is 6.09. The number of carbonyl (C=O) groups excluding carboxylic acids is 1. The summed E-state index contributed by atoms with van der Waals surface area (Å²) >= 11 is 0. The fourth-order valence-electron chi connectivity index (χ4n) is 6.09. The molecule has 0 bridgehead atoms. The number of nitrogens with zero attached hydrogens (tertiary/aromatic N) is 4. The van der Waals surface area contributed by atoms with Crippen LogP contribution in [0.1, 0.15) is 32.9 Å². The molecule has 2 aliphatic heterocycles. The number of aryl methyl sites for hydroxylation is 1. The topological polar surface area (TPSA) is 86.4 Å². The van der Waals surface area contributed by atoms with Crippen LogP contribution in [0.2, 0.25) is 0 Å². The SMILES string of the molecule is C=Cc1cc(-c2ncc3c(c2F)-c2[nH]c4c(c2CC3)C(=O)NCC42CN(C)C2)cc(N(C)CCOC)n1. The summed E-state index contributed by atoms with van der Waals surface area (Å²) in [6, 6.07) is 3.64. The molecule has 1 fully saturated rings. The molecule has 9 heteroatoms. The largest absolute Gasteiger partial charge is 0.383 e. The average molecular weight is 503 g/mol. The van der Waals surface area contributed by atoms with Crippen LogP contribution in [-0.2, 0) is 23.0 Å². The second-order valence-electron chi connectivity index (χ2n) is 10.4. The van der Waals surface area contributed by atoms with Gasteiger partial charge in [0.2, 0.25) is 0 Å². The Balaban J connectivity index is 1.48. The summed E-state index contributed by atoms with van der Waals surface area (Å²) in [6.07, 6.45) is 4.73. The van der Waals surface area contributed by atoms with E-state index in [-0.39, 0.29) is 22.8 Å². The first kappa shape index (κ1) is 23.8. The number of anilines is 1. The summed E-state index contributed by atoms with van der Waals surface area (Å²) in [4.78, 5) is 29.9. The molecule has 3 aliphatic rings. The number of methoxy groups -OCH3 is 1. The Bertz CT molecular complexity index is 1420. The minimum Gasteiger partial charge on any atom is -0.383 e. The van der Waals surface area contributed by atoms with Gasteiger partial charge in [0.25, 0.3) is 5.91 Å². The van der Waals surface area contributed by atoms with E-state index < -0.39 is 0 Å². The molecular formula is C28H31FN6O2. The number of carbonyl (C=O) groups is 1. The maximum Gasteiger partial charge on any atom is 0.253 e. The van der Waals surface area contributed by atoms with Gasteiger partial charge in [-0.1, -0.05) is 6.58 Å². The first-order valence-corrected chi connectivity index (χ1v) is 12.6. The van der Waals surface area contributed by atoms with Crippen LogP contribution in [0.3, 0.4) is 0 Å². The molecule has 5 heterocycles. The number of pyridine rings is 2. The van der Waals surface area contributed by atoms with E-state index in [4.69, 9.17) is 4.74 Å². The van der Waals surface area contributed by atoms with Crippen LogP contribution in [-0.4, -0.2) is 79.8 Å². The molecule has 3 aromatic heterocycles. The zero-order chi connectivity index (χ0) is 25.9. The van der Waals surface area contributed by atoms with Crippen molar-refractivity contribution < 1.29 is 13.9 Å². The van der Waals surface area contributed by atoms with Gasteiger partial charge in [-0.2, -0.15) is 0 Å². The van der Waals surface area contributed by atoms with Crippen LogP contribution in [0.15, 0.2) is 24.9 Å². The van der Waals surface area contributed by atoms with E-state index in [0.717, 1.165) is 29.9 Å². The quantitative estimate of drug-likeness (QED) is 0.539. The van der Waals surface area contributed by atoms with Gasteiger partial charge < -0.3 is 24.8 Å². The van der Waals surface area contributed by atoms with Crippen LogP contribution < -0.4 is 10.2 Å². The second kappa shape index (κ2) is 8.78. The van der Waals surface area contributed by atoms with Crippen LogP contribution in [0.5, 0.6) is 0 Å². The molecule has 192 valence electrons. The van der Waals surface area contributed by atoms with E-state index in [1.807, 2.05) is 18.0 Å². The predicted molar refractivity (Wildman–Crippen MR) is 141 cm³/mol. The van der Waals surface area contributed by atoms with Crippen molar-refractivity contribution in [1.29, 1.82) is 0 Å². The van der Waals surface area contributed by atoms with Crippen LogP contribution >= 0.6 is 0 Å². The van der Waals surface area contributed by atoms with Crippen LogP contribution in [0, 0.1) is 5.82 Å². The summed E-state index contributed by atoms with van der Waals surface area (Å²) in [5.41, 5.74) is 6.02. The van der Waals surface area contributed by atoms with Gasteiger partial charge in [0.1, 0.15) is 11.5 Å². The van der Waals surface area contributed by atoms with Gasteiger partial charge in [0, 0.05) is 63.4 Å². The minimum atomic E-state index is -0.385. The zero-order valence-electron chi connectivity index (χ0n) is 21.4. The van der Waals surface area contributed by atoms with Gasteiger partial charge in [-0.25, -0.2) is 9.37 Å². The number of amides is 1. The lowest BCUT2D eigenvalue weighted by atomic mass is 9.73. The third-order valence-electron chi connectivity index (χ3n) is 7.92. The van der Waals surface area contributed by atoms with Crippen molar-refractivity contribution in [2.75, 3.05) is 58.9 Å². The third kappa shape index (κ3) is 3.67. The van der Waals surface area contributed by atoms with Gasteiger partial charge >= 0.3 is 0 Å². The number of H-pyrrole nitrogens is 1. The number of halogens is 1. The number of ether oxygens (including phenoxy) is 1. The van der Waals surface area contributed by atoms with Crippen molar-refractivity contribution in [3.8, 4) is 22.5 Å². The number of aromatic amines is 1. The minimum absolute atomic E-state index is 0.0701. The number of hydrogen-bond donors (Lipinski definition) is 2. The van der Waals surface area contributed by atoms with Crippen molar-refractivity contribution in [2.24, 2.45) is 0 Å². The number of fused-ring (bicyclic) bond motifs is 6. The first-order chi connectivity index (χ1) is 17.8. The summed E-state index contributed by atoms with van der Waals surface area (Å²) in [5, 5.41) is 3.09. The molecule has 0 aromatic carbocycles. The molecule has 0 unspecified atom stereocenters. The molecule has 8 nitrogen and oxygen atoms in total. The molecule has 6 rings (SSSR count). The smallest absolute Gasteiger partial charge is 0.253 e. The summed E-state index contributed by atoms with van der Waals surface area (Å²) in [5.74, 6) is 0.232. The highest BCUT2D eigenvalue weighted by Gasteiger charge is 2.50. The Morgan fingerprint density at radius 3 is 2.84 bits per heavy atom. The Morgan fingerprint density at radius 2 is 2.11 bits per heavy atom. The lowest BCUT2D eigenvalue weighted by Gasteiger charge is -2.50. The third-order valence-corrected chi connectivity index (χ3v) is 7.92. The Hall–Kier alpha value is -3.56. The Morgan fingerprint density at radius 1 is 1.30 bits per heavy atom. The molecule has 1 aliphatic carbocycles. The standard InChI is InChI=1S/C28H31FN6O2/c1-5-18-10-17(11-20(32-18)35(3)8-9-37-4)24-23(29)21-16(12-30-24)6-7-19-22-26(33-25(19)21)28(13-31-27(22)36)14-34(2)15-28/h5,10-12,33H,1,6-9,13-15H2,2-4H3,(H,31,36). The van der Waals surface area contributed by atoms with Crippen molar-refractivity contribution in [1.82, 2.24) is 25.2 Å². The highest BCUT2D eigenvalue weighted by Crippen LogP contribution is 2.45. The van der Waals surface area contributed by atoms with Gasteiger partial charge in [0.15, 0.2) is 5.82 Å². The lowest BCUT2D eigenvalue weighted by Crippen LogP contribution is -2.65. The second-order valence-corrected chi connectivity index (χ2v) is 10.4. The molecule has 1 saturated heterocycles. The molecule has 37 heavy (non-hydrogen) atoms. The van der Waals surface area contributed by atoms with E-state index in [0.29, 0.717) is 66.4 Å². The van der Waals surface area contributed by atoms with Gasteiger partial charge in [-0.3, -0.25) is 9.78 Å². The summed E-state index contributed by atoms with van der Waals surface area (Å²) < 4.78 is 21.6. The number of rotatable bonds is 6. The van der Waals surface area contributed by atoms with Crippen LogP contribution in [0.25, 0.3) is 28.6 Å². The predicted octanol–water partition coefficient (Wildman–Crippen LogP) is 3.03. The number of aromatic nitrogens is 3. The van der Waals surface area contributed by atoms with E-state index in [2.05, 4.69) is 38.8 Å². The van der Waals surface area contributed by atoms with E-state index in [1.54, 1.807) is 25.4 Å². The van der Waals surface area contributed by atoms with Crippen molar-refractivity contribution in [2.45, 2.75) is 18.3 Å². The molecule has 1 amide bonds. The van der Waals surface area contributed by atoms with Crippen molar-refractivity contribution in [3.63, 3.8) is 0 Å². The molecule has 0 atom stereocenters. The number of likely N-dealkylation sites (tertiary alicyclic amines) is 1. The Kier molecular flexibility index (Phi) is 5.65. The van der Waals surface area contributed by atoms with Gasteiger partial charge in [0.05, 0.1) is 29.0 Å². The number of hydrogen-bond acceptors (Lipinski definition) is 6. The van der Waals surface area contributed by atoms with E-state index in [9.17, 15) is 4.79 Å². The maximum atomic E-state index is 16.4. The Labute approximate surface area is 215 Å². The van der Waals surface area contributed by atoms with Crippen LogP contribution in [0.4, 0.5) is 10.2 Å². The maximum absolute atomic E-state index is 16.4. The summed E-state index contributed by atoms with van der Waals surface area (Å²) in [7, 11) is 5.65. The molecule has 2 N–H and O–H groups in total. The zero-order valence-corrected chi connectivity index (χ0v) is 21.4. The molecule has 0 radical (unpaired) electrons. The first-order valence-electron chi connectivity index (χ1n) is 12.6. The highest BCUT2D eigenvalue weighted by atomic mass is 19.1. The molecular weight excluding hydrogens is 471 g/mol. The normalized spacial score (nSPS) is 17.5. The van der Waals surface area contributed by atoms with E-state index >= 15 is 4.39 Å². The number of nitrogens with one attached hydrogen (secondary N) is 2. The highest BCUT2D eigenvalue weighted by molar-refractivity contribution is 6.01. The van der Waals surface area contributed by atoms with Gasteiger partial charge in [-0.05, 0) is 49.2 Å². The fraction of sp³-hybridized carbons (Fsp3) is 0.393. The van der Waals surface area contributed by atoms with Crippen molar-refractivity contribution in [3.05, 3.63) is 58.8 Å². The average Bonchev–Trinajstić information content (AvgIpc) is 3.29. The van der Waals surface area contributed by atoms with Gasteiger partial charge in [-0.15, -0.1) is 0 Å². The molecule has 3 aromatic rings. The van der Waals surface area contributed by atoms with Crippen molar-refractivity contribution >= 4 is 17.8 Å².